The van der Waals surface area contributed by atoms with Crippen LogP contribution in [0.25, 0.3) is 0 Å². The first kappa shape index (κ1) is 28.6. The number of hydrogen-bond donors (Lipinski definition) is 1. The molecule has 1 N–H and O–H groups in total. The molecule has 0 bridgehead atoms. The van der Waals surface area contributed by atoms with E-state index in [9.17, 15) is 14.7 Å². The summed E-state index contributed by atoms with van der Waals surface area (Å²) in [5.74, 6) is 5.60. The maximum absolute atomic E-state index is 12.8. The minimum Gasteiger partial charge on any atom is -0.480 e. The molecule has 3 aliphatic heterocycles. The highest BCUT2D eigenvalue weighted by molar-refractivity contribution is 5.81. The molecule has 0 unspecified atom stereocenters. The van der Waals surface area contributed by atoms with Crippen LogP contribution in [0.1, 0.15) is 50.9 Å². The van der Waals surface area contributed by atoms with E-state index >= 15 is 0 Å². The Morgan fingerprint density at radius 1 is 1.22 bits per heavy atom. The molecule has 3 fully saturated rings. The monoisotopic (exact) mass is 564 g/mol. The molecular weight excluding hydrogens is 528 g/mol. The number of carbonyl (C=O) groups excluding carboxylic acids is 1. The Labute approximate surface area is 239 Å². The summed E-state index contributed by atoms with van der Waals surface area (Å²) >= 11 is 0. The van der Waals surface area contributed by atoms with Gasteiger partial charge in [0.2, 0.25) is 5.88 Å². The van der Waals surface area contributed by atoms with Crippen LogP contribution in [-0.4, -0.2) is 94.3 Å². The van der Waals surface area contributed by atoms with Crippen LogP contribution >= 0.6 is 0 Å². The van der Waals surface area contributed by atoms with Gasteiger partial charge in [-0.3, -0.25) is 9.88 Å². The lowest BCUT2D eigenvalue weighted by atomic mass is 9.90. The van der Waals surface area contributed by atoms with Crippen molar-refractivity contribution in [3.63, 3.8) is 0 Å². The summed E-state index contributed by atoms with van der Waals surface area (Å²) in [5.41, 5.74) is 1.91. The number of aromatic nitrogens is 2. The van der Waals surface area contributed by atoms with Crippen molar-refractivity contribution in [3.8, 4) is 17.7 Å². The number of anilines is 1. The average Bonchev–Trinajstić information content (AvgIpc) is 3.32. The van der Waals surface area contributed by atoms with Crippen molar-refractivity contribution >= 4 is 17.7 Å². The van der Waals surface area contributed by atoms with Gasteiger partial charge in [-0.15, -0.1) is 0 Å². The number of pyridine rings is 2. The van der Waals surface area contributed by atoms with Gasteiger partial charge in [0.05, 0.1) is 38.1 Å². The number of hydrogen-bond acceptors (Lipinski definition) is 9. The van der Waals surface area contributed by atoms with Gasteiger partial charge in [0, 0.05) is 36.5 Å². The molecule has 1 amide bonds. The van der Waals surface area contributed by atoms with Crippen LogP contribution in [0.15, 0.2) is 30.6 Å². The predicted molar refractivity (Wildman–Crippen MR) is 149 cm³/mol. The molecule has 2 aromatic rings. The van der Waals surface area contributed by atoms with Crippen molar-refractivity contribution in [2.75, 3.05) is 37.8 Å². The van der Waals surface area contributed by atoms with E-state index in [1.807, 2.05) is 25.1 Å². The number of amides is 1. The van der Waals surface area contributed by atoms with Crippen LogP contribution in [0, 0.1) is 18.8 Å². The van der Waals surface area contributed by atoms with E-state index in [0.717, 1.165) is 16.9 Å². The van der Waals surface area contributed by atoms with Gasteiger partial charge >= 0.3 is 12.1 Å². The summed E-state index contributed by atoms with van der Waals surface area (Å²) < 4.78 is 23.4. The maximum atomic E-state index is 12.8. The molecule has 3 atom stereocenters. The molecular formula is C30H36N4O7. The topological polar surface area (TPSA) is 124 Å². The summed E-state index contributed by atoms with van der Waals surface area (Å²) in [7, 11) is 0. The minimum absolute atomic E-state index is 0.0356. The van der Waals surface area contributed by atoms with E-state index in [4.69, 9.17) is 18.9 Å². The third-order valence-electron chi connectivity index (χ3n) is 7.59. The highest BCUT2D eigenvalue weighted by Crippen LogP contribution is 2.39. The third kappa shape index (κ3) is 6.09. The number of carbonyl (C=O) groups is 2. The smallest absolute Gasteiger partial charge is 0.411 e. The van der Waals surface area contributed by atoms with Gasteiger partial charge in [-0.05, 0) is 52.8 Å². The van der Waals surface area contributed by atoms with E-state index in [1.165, 1.54) is 4.90 Å². The number of carboxylic acids is 1. The Hall–Kier alpha value is -3.88. The standard InChI is InChI=1S/C30H36N4O7/c1-19-22(7-6-10-31-19)9-8-21-13-24(33-11-12-39-30(20(33)2)17-38-18-30)26(32-15-21)40-23-14-25(27(35)36)34(16-23)28(37)41-29(3,4)5/h6-7,10,13,15,20,23,25H,11-12,14,16-18H2,1-5H3,(H,35,36)/t20-,23-,25-/m0/s1. The molecule has 11 heteroatoms. The first-order valence-corrected chi connectivity index (χ1v) is 13.8. The van der Waals surface area contributed by atoms with Gasteiger partial charge in [0.1, 0.15) is 29.0 Å². The van der Waals surface area contributed by atoms with Gasteiger partial charge in [-0.2, -0.15) is 0 Å². The molecule has 41 heavy (non-hydrogen) atoms. The molecule has 2 aromatic heterocycles. The lowest BCUT2D eigenvalue weighted by Crippen LogP contribution is -2.68. The molecule has 3 saturated heterocycles. The maximum Gasteiger partial charge on any atom is 0.411 e. The molecule has 5 heterocycles. The first-order valence-electron chi connectivity index (χ1n) is 13.8. The van der Waals surface area contributed by atoms with E-state index < -0.39 is 35.4 Å². The summed E-state index contributed by atoms with van der Waals surface area (Å²) in [6.45, 7) is 11.4. The zero-order chi connectivity index (χ0) is 29.4. The molecule has 0 radical (unpaired) electrons. The predicted octanol–water partition coefficient (Wildman–Crippen LogP) is 3.02. The quantitative estimate of drug-likeness (QED) is 0.555. The van der Waals surface area contributed by atoms with Gasteiger partial charge in [0.15, 0.2) is 0 Å². The zero-order valence-corrected chi connectivity index (χ0v) is 24.0. The molecule has 0 aliphatic carbocycles. The minimum atomic E-state index is -1.11. The SMILES string of the molecule is Cc1ncccc1C#Cc1cnc(O[C@H]2C[C@@H](C(=O)O)N(C(=O)OC(C)(C)C)C2)c(N2CCOC3(COC3)[C@@H]2C)c1. The summed E-state index contributed by atoms with van der Waals surface area (Å²) in [5, 5.41) is 9.83. The molecule has 3 aliphatic rings. The fraction of sp³-hybridized carbons (Fsp3) is 0.533. The van der Waals surface area contributed by atoms with E-state index in [1.54, 1.807) is 33.2 Å². The lowest BCUT2D eigenvalue weighted by Gasteiger charge is -2.53. The first-order chi connectivity index (χ1) is 19.5. The van der Waals surface area contributed by atoms with Crippen molar-refractivity contribution in [3.05, 3.63) is 47.4 Å². The highest BCUT2D eigenvalue weighted by atomic mass is 16.6. The normalized spacial score (nSPS) is 23.4. The Balaban J connectivity index is 1.45. The largest absolute Gasteiger partial charge is 0.480 e. The van der Waals surface area contributed by atoms with Crippen LogP contribution in [0.2, 0.25) is 0 Å². The van der Waals surface area contributed by atoms with Crippen molar-refractivity contribution in [2.24, 2.45) is 0 Å². The van der Waals surface area contributed by atoms with Gasteiger partial charge in [-0.1, -0.05) is 11.8 Å². The van der Waals surface area contributed by atoms with Crippen LogP contribution in [0.4, 0.5) is 10.5 Å². The van der Waals surface area contributed by atoms with Crippen molar-refractivity contribution in [1.29, 1.82) is 0 Å². The molecule has 1 spiro atoms. The molecule has 5 rings (SSSR count). The summed E-state index contributed by atoms with van der Waals surface area (Å²) in [4.78, 5) is 37.2. The fourth-order valence-corrected chi connectivity index (χ4v) is 5.26. The van der Waals surface area contributed by atoms with Crippen molar-refractivity contribution in [2.45, 2.75) is 70.4 Å². The Morgan fingerprint density at radius 2 is 2.00 bits per heavy atom. The van der Waals surface area contributed by atoms with Gasteiger partial charge in [-0.25, -0.2) is 14.6 Å². The van der Waals surface area contributed by atoms with Gasteiger partial charge < -0.3 is 29.0 Å². The van der Waals surface area contributed by atoms with Crippen LogP contribution in [0.3, 0.4) is 0 Å². The second-order valence-corrected chi connectivity index (χ2v) is 11.7. The third-order valence-corrected chi connectivity index (χ3v) is 7.59. The number of morpholine rings is 1. The summed E-state index contributed by atoms with van der Waals surface area (Å²) in [6.07, 6.45) is 2.19. The van der Waals surface area contributed by atoms with E-state index in [0.29, 0.717) is 37.8 Å². The van der Waals surface area contributed by atoms with Crippen LogP contribution in [0.5, 0.6) is 5.88 Å². The van der Waals surface area contributed by atoms with E-state index in [-0.39, 0.29) is 19.0 Å². The van der Waals surface area contributed by atoms with Crippen molar-refractivity contribution < 1.29 is 33.6 Å². The zero-order valence-electron chi connectivity index (χ0n) is 24.0. The number of likely N-dealkylation sites (tertiary alicyclic amines) is 1. The van der Waals surface area contributed by atoms with Gasteiger partial charge in [0.25, 0.3) is 0 Å². The van der Waals surface area contributed by atoms with Crippen LogP contribution in [-0.2, 0) is 19.0 Å². The molecule has 218 valence electrons. The second-order valence-electron chi connectivity index (χ2n) is 11.7. The number of aryl methyl sites for hydroxylation is 1. The molecule has 11 nitrogen and oxygen atoms in total. The molecule has 0 saturated carbocycles. The second kappa shape index (κ2) is 11.2. The number of rotatable bonds is 4. The average molecular weight is 565 g/mol. The Morgan fingerprint density at radius 3 is 2.66 bits per heavy atom. The Kier molecular flexibility index (Phi) is 7.81. The van der Waals surface area contributed by atoms with E-state index in [2.05, 4.69) is 33.6 Å². The summed E-state index contributed by atoms with van der Waals surface area (Å²) in [6, 6.07) is 4.60. The Bertz CT molecular complexity index is 1370. The number of aliphatic carboxylic acids is 1. The number of carboxylic acid groups (broad SMARTS) is 1. The number of ether oxygens (including phenoxy) is 4. The molecule has 0 aromatic carbocycles. The highest BCUT2D eigenvalue weighted by Gasteiger charge is 2.50. The fourth-order valence-electron chi connectivity index (χ4n) is 5.26. The van der Waals surface area contributed by atoms with Crippen molar-refractivity contribution in [1.82, 2.24) is 14.9 Å². The van der Waals surface area contributed by atoms with Crippen LogP contribution < -0.4 is 9.64 Å². The lowest BCUT2D eigenvalue weighted by molar-refractivity contribution is -0.228. The number of nitrogens with zero attached hydrogens (tertiary/aromatic N) is 4.